The van der Waals surface area contributed by atoms with Crippen molar-refractivity contribution in [3.05, 3.63) is 35.9 Å². The lowest BCUT2D eigenvalue weighted by molar-refractivity contribution is 0.530. The van der Waals surface area contributed by atoms with Crippen LogP contribution in [0.25, 0.3) is 22.2 Å². The minimum Gasteiger partial charge on any atom is -0.329 e. The molecular formula is C19H27N11O4S2. The number of nitrogens with zero attached hydrogens (tertiary/aromatic N) is 3. The Morgan fingerprint density at radius 1 is 1.08 bits per heavy atom. The molecule has 2 aliphatic heterocycles. The minimum absolute atomic E-state index is 0.100. The van der Waals surface area contributed by atoms with Crippen molar-refractivity contribution in [1.29, 1.82) is 0 Å². The zero-order chi connectivity index (χ0) is 25.5. The lowest BCUT2D eigenvalue weighted by Gasteiger charge is -2.22. The van der Waals surface area contributed by atoms with Crippen molar-refractivity contribution in [1.82, 2.24) is 47.0 Å². The van der Waals surface area contributed by atoms with Gasteiger partial charge in [-0.1, -0.05) is 23.4 Å². The van der Waals surface area contributed by atoms with Gasteiger partial charge >= 0.3 is 0 Å². The number of fused-ring (bicyclic) bond motifs is 1. The van der Waals surface area contributed by atoms with Crippen LogP contribution in [0.4, 0.5) is 0 Å². The fraction of sp³-hybridized carbons (Fsp3) is 0.368. The highest BCUT2D eigenvalue weighted by Crippen LogP contribution is 2.38. The van der Waals surface area contributed by atoms with Crippen LogP contribution in [-0.4, -0.2) is 57.5 Å². The van der Waals surface area contributed by atoms with E-state index >= 15 is 0 Å². The number of primary sulfonamides is 1. The van der Waals surface area contributed by atoms with Crippen LogP contribution < -0.4 is 42.8 Å². The summed E-state index contributed by atoms with van der Waals surface area (Å²) in [7, 11) is -8.78. The maximum Gasteiger partial charge on any atom is 0.242 e. The summed E-state index contributed by atoms with van der Waals surface area (Å²) in [6, 6.07) is 7.78. The van der Waals surface area contributed by atoms with Gasteiger partial charge in [0.1, 0.15) is 21.5 Å². The summed E-state index contributed by atoms with van der Waals surface area (Å²) in [6.45, 7) is 1.89. The smallest absolute Gasteiger partial charge is 0.242 e. The molecule has 2 fully saturated rings. The third-order valence-electron chi connectivity index (χ3n) is 6.08. The monoisotopic (exact) mass is 537 g/mol. The van der Waals surface area contributed by atoms with Crippen molar-refractivity contribution < 1.29 is 16.8 Å². The molecule has 17 heteroatoms. The van der Waals surface area contributed by atoms with Crippen LogP contribution in [0.2, 0.25) is 0 Å². The van der Waals surface area contributed by atoms with Gasteiger partial charge < -0.3 is 11.1 Å². The third-order valence-corrected chi connectivity index (χ3v) is 8.78. The summed E-state index contributed by atoms with van der Waals surface area (Å²) >= 11 is 0. The van der Waals surface area contributed by atoms with Gasteiger partial charge in [0.2, 0.25) is 20.0 Å². The summed E-state index contributed by atoms with van der Waals surface area (Å²) in [4.78, 5) is -0.967. The van der Waals surface area contributed by atoms with E-state index in [4.69, 9.17) is 10.9 Å². The Hall–Kier alpha value is -2.58. The van der Waals surface area contributed by atoms with E-state index in [1.165, 1.54) is 6.07 Å². The predicted octanol–water partition coefficient (Wildman–Crippen LogP) is -2.54. The first-order valence-electron chi connectivity index (χ1n) is 11.2. The first-order valence-corrected chi connectivity index (χ1v) is 14.2. The van der Waals surface area contributed by atoms with E-state index in [9.17, 15) is 16.8 Å². The van der Waals surface area contributed by atoms with Gasteiger partial charge in [-0.25, -0.2) is 42.2 Å². The van der Waals surface area contributed by atoms with Crippen molar-refractivity contribution in [2.45, 2.75) is 35.0 Å². The van der Waals surface area contributed by atoms with Gasteiger partial charge in [0.15, 0.2) is 0 Å². The summed E-state index contributed by atoms with van der Waals surface area (Å²) in [5, 5.41) is 17.2. The van der Waals surface area contributed by atoms with Crippen molar-refractivity contribution in [2.24, 2.45) is 10.9 Å². The van der Waals surface area contributed by atoms with Crippen LogP contribution in [0.15, 0.2) is 40.1 Å². The molecule has 0 aliphatic carbocycles. The zero-order valence-corrected chi connectivity index (χ0v) is 20.7. The zero-order valence-electron chi connectivity index (χ0n) is 19.0. The number of hydrogen-bond donors (Lipinski definition) is 8. The molecule has 0 unspecified atom stereocenters. The number of rotatable bonds is 8. The minimum atomic E-state index is -4.53. The quantitative estimate of drug-likeness (QED) is 0.149. The van der Waals surface area contributed by atoms with E-state index in [2.05, 4.69) is 42.3 Å². The normalized spacial score (nSPS) is 19.4. The highest BCUT2D eigenvalue weighted by molar-refractivity contribution is 7.92. The standard InChI is InChI=1S/C19H27N11O4S2/c20-7-9-30-14-3-1-2-13(17(14)23-29-30)12-4-5-15(36(33,34)26-11-6-8-22-10-11)18(35(21,31)32)16(12)19-24-27-28-25-19/h1-5,11,19,22,24-28H,6-10,20H2,(H2,21,31,32)/t11-/m1/s1. The van der Waals surface area contributed by atoms with Crippen molar-refractivity contribution >= 4 is 31.1 Å². The average Bonchev–Trinajstić information content (AvgIpc) is 3.60. The second kappa shape index (κ2) is 9.71. The fourth-order valence-electron chi connectivity index (χ4n) is 4.54. The molecule has 5 rings (SSSR count). The van der Waals surface area contributed by atoms with E-state index < -0.39 is 36.0 Å². The molecule has 15 nitrogen and oxygen atoms in total. The lowest BCUT2D eigenvalue weighted by Crippen LogP contribution is -2.38. The fourth-order valence-corrected chi connectivity index (χ4v) is 7.47. The molecule has 0 spiro atoms. The van der Waals surface area contributed by atoms with Gasteiger partial charge in [0, 0.05) is 30.3 Å². The van der Waals surface area contributed by atoms with Crippen molar-refractivity contribution in [3.8, 4) is 11.1 Å². The van der Waals surface area contributed by atoms with Gasteiger partial charge in [-0.3, -0.25) is 0 Å². The Kier molecular flexibility index (Phi) is 6.76. The van der Waals surface area contributed by atoms with Crippen molar-refractivity contribution in [2.75, 3.05) is 19.6 Å². The van der Waals surface area contributed by atoms with Crippen LogP contribution in [0.5, 0.6) is 0 Å². The molecule has 0 saturated carbocycles. The topological polar surface area (TPSA) is 223 Å². The number of nitrogens with two attached hydrogens (primary N) is 2. The number of sulfonamides is 2. The molecule has 0 radical (unpaired) electrons. The van der Waals surface area contributed by atoms with E-state index in [1.807, 2.05) is 6.07 Å². The average molecular weight is 538 g/mol. The summed E-state index contributed by atoms with van der Waals surface area (Å²) < 4.78 is 57.0. The second-order valence-electron chi connectivity index (χ2n) is 8.46. The van der Waals surface area contributed by atoms with Crippen LogP contribution >= 0.6 is 0 Å². The molecule has 194 valence electrons. The molecule has 10 N–H and O–H groups in total. The second-order valence-corrected chi connectivity index (χ2v) is 11.6. The predicted molar refractivity (Wildman–Crippen MR) is 130 cm³/mol. The van der Waals surface area contributed by atoms with Crippen molar-refractivity contribution in [3.63, 3.8) is 0 Å². The molecule has 3 aromatic rings. The molecule has 2 aromatic carbocycles. The van der Waals surface area contributed by atoms with E-state index in [0.717, 1.165) is 0 Å². The largest absolute Gasteiger partial charge is 0.329 e. The molecule has 0 amide bonds. The molecule has 3 heterocycles. The SMILES string of the molecule is NCCn1nnc2c(-c3ccc(S(=O)(=O)N[C@@H]4CCNC4)c(S(N)(=O)=O)c3C3NNNN3)cccc21. The Morgan fingerprint density at radius 3 is 2.53 bits per heavy atom. The number of benzene rings is 2. The Bertz CT molecular complexity index is 1500. The summed E-state index contributed by atoms with van der Waals surface area (Å²) in [5.74, 6) is 0. The molecular weight excluding hydrogens is 510 g/mol. The van der Waals surface area contributed by atoms with E-state index in [1.54, 1.807) is 22.9 Å². The van der Waals surface area contributed by atoms with E-state index in [-0.39, 0.29) is 11.6 Å². The summed E-state index contributed by atoms with van der Waals surface area (Å²) in [5.41, 5.74) is 18.9. The maximum absolute atomic E-state index is 13.4. The Labute approximate surface area is 207 Å². The molecule has 36 heavy (non-hydrogen) atoms. The van der Waals surface area contributed by atoms with Crippen LogP contribution in [0.1, 0.15) is 18.2 Å². The Balaban J connectivity index is 1.76. The molecule has 0 bridgehead atoms. The molecule has 1 atom stereocenters. The van der Waals surface area contributed by atoms with E-state index in [0.29, 0.717) is 54.8 Å². The number of nitrogens with one attached hydrogen (secondary N) is 6. The van der Waals surface area contributed by atoms with Gasteiger partial charge in [0.05, 0.1) is 12.1 Å². The van der Waals surface area contributed by atoms with Crippen LogP contribution in [0, 0.1) is 0 Å². The number of hydrogen-bond acceptors (Lipinski definition) is 12. The van der Waals surface area contributed by atoms with Gasteiger partial charge in [-0.2, -0.15) is 11.1 Å². The Morgan fingerprint density at radius 2 is 1.86 bits per heavy atom. The van der Waals surface area contributed by atoms with Gasteiger partial charge in [-0.15, -0.1) is 5.10 Å². The molecule has 1 aromatic heterocycles. The number of hydrazine groups is 3. The summed E-state index contributed by atoms with van der Waals surface area (Å²) in [6.07, 6.45) is -0.291. The maximum atomic E-state index is 13.4. The first-order chi connectivity index (χ1) is 17.2. The highest BCUT2D eigenvalue weighted by atomic mass is 32.2. The van der Waals surface area contributed by atoms with Gasteiger partial charge in [0.25, 0.3) is 0 Å². The third kappa shape index (κ3) is 4.61. The highest BCUT2D eigenvalue weighted by Gasteiger charge is 2.35. The van der Waals surface area contributed by atoms with Crippen LogP contribution in [-0.2, 0) is 26.6 Å². The lowest BCUT2D eigenvalue weighted by atomic mass is 9.96. The molecule has 2 aliphatic rings. The van der Waals surface area contributed by atoms with Gasteiger partial charge in [-0.05, 0) is 30.7 Å². The van der Waals surface area contributed by atoms with Crippen LogP contribution in [0.3, 0.4) is 0 Å². The number of aromatic nitrogens is 3. The first kappa shape index (κ1) is 25.1. The molecule has 2 saturated heterocycles.